The number of fused-ring (bicyclic) bond motifs is 1. The molecule has 0 radical (unpaired) electrons. The van der Waals surface area contributed by atoms with Crippen molar-refractivity contribution in [1.82, 2.24) is 4.98 Å². The van der Waals surface area contributed by atoms with Crippen LogP contribution in [-0.4, -0.2) is 16.1 Å². The first-order valence-corrected chi connectivity index (χ1v) is 6.11. The average Bonchev–Trinajstić information content (AvgIpc) is 2.15. The van der Waals surface area contributed by atoms with Crippen LogP contribution in [0.3, 0.4) is 0 Å². The van der Waals surface area contributed by atoms with Crippen molar-refractivity contribution in [2.45, 2.75) is 0 Å². The number of nitrogens with one attached hydrogen (secondary N) is 1. The molecule has 0 saturated carbocycles. The van der Waals surface area contributed by atoms with Crippen LogP contribution in [0.2, 0.25) is 0 Å². The third-order valence-electron chi connectivity index (χ3n) is 2.08. The van der Waals surface area contributed by atoms with Gasteiger partial charge < -0.3 is 10.1 Å². The Hall–Kier alpha value is -0.890. The van der Waals surface area contributed by atoms with Gasteiger partial charge in [-0.05, 0) is 34.7 Å². The maximum atomic E-state index is 11.7. The van der Waals surface area contributed by atoms with Gasteiger partial charge in [-0.1, -0.05) is 15.9 Å². The second kappa shape index (κ2) is 4.17. The topological polar surface area (TPSA) is 70.2 Å². The highest BCUT2D eigenvalue weighted by atomic mass is 127. The zero-order chi connectivity index (χ0) is 11.9. The second-order valence-electron chi connectivity index (χ2n) is 3.16. The van der Waals surface area contributed by atoms with Gasteiger partial charge in [0.2, 0.25) is 0 Å². The van der Waals surface area contributed by atoms with Crippen LogP contribution in [0.25, 0.3) is 10.9 Å². The zero-order valence-corrected chi connectivity index (χ0v) is 11.5. The molecule has 2 rings (SSSR count). The first kappa shape index (κ1) is 11.6. The molecule has 1 aromatic carbocycles. The van der Waals surface area contributed by atoms with Gasteiger partial charge in [0.05, 0.1) is 10.9 Å². The van der Waals surface area contributed by atoms with Crippen molar-refractivity contribution in [3.8, 4) is 0 Å². The van der Waals surface area contributed by atoms with Gasteiger partial charge in [-0.25, -0.2) is 4.79 Å². The van der Waals surface area contributed by atoms with Crippen LogP contribution in [0.1, 0.15) is 10.5 Å². The Morgan fingerprint density at radius 2 is 2.06 bits per heavy atom. The van der Waals surface area contributed by atoms with E-state index >= 15 is 0 Å². The lowest BCUT2D eigenvalue weighted by Gasteiger charge is -2.03. The molecule has 0 unspecified atom stereocenters. The highest BCUT2D eigenvalue weighted by Crippen LogP contribution is 2.22. The molecule has 1 heterocycles. The molecule has 82 valence electrons. The molecule has 4 nitrogen and oxygen atoms in total. The minimum absolute atomic E-state index is 0.105. The molecule has 0 atom stereocenters. The summed E-state index contributed by atoms with van der Waals surface area (Å²) in [4.78, 5) is 25.2. The highest BCUT2D eigenvalue weighted by Gasteiger charge is 2.10. The summed E-state index contributed by atoms with van der Waals surface area (Å²) in [5.41, 5.74) is 0.123. The van der Waals surface area contributed by atoms with Crippen LogP contribution in [0.4, 0.5) is 0 Å². The summed E-state index contributed by atoms with van der Waals surface area (Å²) in [5.74, 6) is -1.14. The molecular formula is C10H5BrINO3. The molecule has 0 aliphatic rings. The molecule has 16 heavy (non-hydrogen) atoms. The number of H-pyrrole nitrogens is 1. The number of carboxylic acid groups (broad SMARTS) is 1. The number of carbonyl (C=O) groups is 1. The number of halogens is 2. The molecule has 2 aromatic rings. The molecule has 6 heteroatoms. The van der Waals surface area contributed by atoms with Crippen molar-refractivity contribution < 1.29 is 9.90 Å². The predicted molar refractivity (Wildman–Crippen MR) is 71.9 cm³/mol. The Balaban J connectivity index is 2.93. The smallest absolute Gasteiger partial charge is 0.352 e. The zero-order valence-electron chi connectivity index (χ0n) is 7.75. The number of pyridine rings is 1. The Labute approximate surface area is 112 Å². The molecule has 0 fully saturated rings. The molecule has 0 spiro atoms. The van der Waals surface area contributed by atoms with Gasteiger partial charge in [-0.2, -0.15) is 0 Å². The van der Waals surface area contributed by atoms with Crippen LogP contribution >= 0.6 is 38.5 Å². The van der Waals surface area contributed by atoms with Gasteiger partial charge in [-0.3, -0.25) is 4.79 Å². The number of hydrogen-bond donors (Lipinski definition) is 2. The molecule has 0 saturated heterocycles. The van der Waals surface area contributed by atoms with E-state index in [1.54, 1.807) is 12.1 Å². The minimum Gasteiger partial charge on any atom is -0.477 e. The summed E-state index contributed by atoms with van der Waals surface area (Å²) in [6, 6.07) is 4.59. The lowest BCUT2D eigenvalue weighted by atomic mass is 10.2. The van der Waals surface area contributed by atoms with E-state index in [2.05, 4.69) is 20.9 Å². The fourth-order valence-electron chi connectivity index (χ4n) is 1.42. The molecule has 0 aliphatic carbocycles. The van der Waals surface area contributed by atoms with Crippen molar-refractivity contribution >= 4 is 55.4 Å². The van der Waals surface area contributed by atoms with E-state index < -0.39 is 5.97 Å². The third kappa shape index (κ3) is 1.99. The Morgan fingerprint density at radius 1 is 1.38 bits per heavy atom. The predicted octanol–water partition coefficient (Wildman–Crippen LogP) is 2.59. The van der Waals surface area contributed by atoms with Gasteiger partial charge in [0.25, 0.3) is 0 Å². The number of hydrogen-bond acceptors (Lipinski definition) is 2. The molecule has 1 aromatic heterocycles. The third-order valence-corrected chi connectivity index (χ3v) is 3.39. The van der Waals surface area contributed by atoms with Crippen molar-refractivity contribution in [1.29, 1.82) is 0 Å². The van der Waals surface area contributed by atoms with Gasteiger partial charge in [-0.15, -0.1) is 0 Å². The molecule has 2 N–H and O–H groups in total. The number of carboxylic acids is 1. The Bertz CT molecular complexity index is 650. The average molecular weight is 394 g/mol. The number of rotatable bonds is 1. The van der Waals surface area contributed by atoms with Gasteiger partial charge in [0.1, 0.15) is 5.69 Å². The van der Waals surface area contributed by atoms with Crippen LogP contribution < -0.4 is 5.43 Å². The quantitative estimate of drug-likeness (QED) is 0.731. The van der Waals surface area contributed by atoms with Crippen LogP contribution in [0, 0.1) is 3.57 Å². The molecular weight excluding hydrogens is 389 g/mol. The van der Waals surface area contributed by atoms with Crippen molar-refractivity contribution in [2.24, 2.45) is 0 Å². The monoisotopic (exact) mass is 393 g/mol. The van der Waals surface area contributed by atoms with Crippen molar-refractivity contribution in [2.75, 3.05) is 0 Å². The summed E-state index contributed by atoms with van der Waals surface area (Å²) < 4.78 is 1.57. The fraction of sp³-hybridized carbons (Fsp3) is 0. The van der Waals surface area contributed by atoms with Crippen molar-refractivity contribution in [3.63, 3.8) is 0 Å². The largest absolute Gasteiger partial charge is 0.477 e. The molecule has 0 amide bonds. The van der Waals surface area contributed by atoms with Crippen molar-refractivity contribution in [3.05, 3.63) is 42.2 Å². The minimum atomic E-state index is -1.14. The number of aromatic nitrogens is 1. The van der Waals surface area contributed by atoms with E-state index in [4.69, 9.17) is 5.11 Å². The summed E-state index contributed by atoms with van der Waals surface area (Å²) in [6.45, 7) is 0. The highest BCUT2D eigenvalue weighted by molar-refractivity contribution is 14.1. The number of aromatic carboxylic acids is 1. The summed E-state index contributed by atoms with van der Waals surface area (Å²) in [6.07, 6.45) is 0. The summed E-state index contributed by atoms with van der Waals surface area (Å²) in [7, 11) is 0. The van der Waals surface area contributed by atoms with E-state index in [1.807, 2.05) is 22.6 Å². The standard InChI is InChI=1S/C10H5BrINO3/c11-4-1-5(12)9-6(2-4)13-7(10(15)16)3-8(9)14/h1-3H,(H,13,14)(H,15,16). The van der Waals surface area contributed by atoms with Gasteiger partial charge in [0.15, 0.2) is 5.43 Å². The lowest BCUT2D eigenvalue weighted by Crippen LogP contribution is -2.10. The van der Waals surface area contributed by atoms with E-state index in [9.17, 15) is 9.59 Å². The van der Waals surface area contributed by atoms with Gasteiger partial charge >= 0.3 is 5.97 Å². The van der Waals surface area contributed by atoms with E-state index in [0.29, 0.717) is 10.9 Å². The SMILES string of the molecule is O=C(O)c1cc(=O)c2c(I)cc(Br)cc2[nH]1. The van der Waals surface area contributed by atoms with Crippen LogP contribution in [0.5, 0.6) is 0 Å². The maximum Gasteiger partial charge on any atom is 0.352 e. The number of aromatic amines is 1. The number of benzene rings is 1. The molecule has 0 bridgehead atoms. The summed E-state index contributed by atoms with van der Waals surface area (Å²) in [5, 5.41) is 9.33. The van der Waals surface area contributed by atoms with E-state index in [1.165, 1.54) is 0 Å². The van der Waals surface area contributed by atoms with Crippen LogP contribution in [0.15, 0.2) is 27.5 Å². The molecule has 0 aliphatic heterocycles. The summed E-state index contributed by atoms with van der Waals surface area (Å²) >= 11 is 5.34. The second-order valence-corrected chi connectivity index (χ2v) is 5.24. The fourth-order valence-corrected chi connectivity index (χ4v) is 3.20. The van der Waals surface area contributed by atoms with Gasteiger partial charge in [0, 0.05) is 14.1 Å². The van der Waals surface area contributed by atoms with E-state index in [-0.39, 0.29) is 11.1 Å². The van der Waals surface area contributed by atoms with Crippen LogP contribution in [-0.2, 0) is 0 Å². The lowest BCUT2D eigenvalue weighted by molar-refractivity contribution is 0.0691. The normalized spacial score (nSPS) is 10.6. The Morgan fingerprint density at radius 3 is 2.69 bits per heavy atom. The van der Waals surface area contributed by atoms with E-state index in [0.717, 1.165) is 14.1 Å². The first-order chi connectivity index (χ1) is 7.49. The maximum absolute atomic E-state index is 11.7. The first-order valence-electron chi connectivity index (χ1n) is 4.24. The Kier molecular flexibility index (Phi) is 3.02.